The molecule has 0 rings (SSSR count). The summed E-state index contributed by atoms with van der Waals surface area (Å²) in [5.41, 5.74) is 0. The second-order valence-electron chi connectivity index (χ2n) is 3.89. The van der Waals surface area contributed by atoms with E-state index in [2.05, 4.69) is 21.1 Å². The monoisotopic (exact) mass is 196 g/mol. The Hall–Kier alpha value is -0.280. The summed E-state index contributed by atoms with van der Waals surface area (Å²) in [6, 6.07) is 0. The van der Waals surface area contributed by atoms with Gasteiger partial charge in [-0.05, 0) is 6.92 Å². The number of likely N-dealkylation sites (N-methyl/N-ethyl adjacent to an activating group) is 1. The zero-order valence-electron chi connectivity index (χ0n) is 8.46. The van der Waals surface area contributed by atoms with Crippen molar-refractivity contribution in [2.24, 2.45) is 0 Å². The minimum absolute atomic E-state index is 0. The number of ether oxygens (including phenoxy) is 1. The molecule has 0 aliphatic carbocycles. The van der Waals surface area contributed by atoms with Crippen molar-refractivity contribution in [2.45, 2.75) is 20.0 Å². The molecule has 0 aromatic carbocycles. The quantitative estimate of drug-likeness (QED) is 0.499. The highest BCUT2D eigenvalue weighted by Crippen LogP contribution is 1.98. The van der Waals surface area contributed by atoms with Gasteiger partial charge in [-0.1, -0.05) is 0 Å². The van der Waals surface area contributed by atoms with E-state index in [4.69, 9.17) is 4.74 Å². The summed E-state index contributed by atoms with van der Waals surface area (Å²) in [7, 11) is 6.21. The lowest BCUT2D eigenvalue weighted by Crippen LogP contribution is -2.41. The first-order valence-corrected chi connectivity index (χ1v) is 3.79. The fraction of sp³-hybridized carbons (Fsp3) is 0.875. The van der Waals surface area contributed by atoms with Crippen LogP contribution in [0.5, 0.6) is 0 Å². The van der Waals surface area contributed by atoms with Gasteiger partial charge >= 0.3 is 5.97 Å². The molecule has 0 amide bonds. The van der Waals surface area contributed by atoms with E-state index in [1.807, 2.05) is 6.92 Å². The second kappa shape index (κ2) is 5.38. The molecule has 0 saturated carbocycles. The second-order valence-corrected chi connectivity index (χ2v) is 3.89. The number of nitrogens with zero attached hydrogens (tertiary/aromatic N) is 1. The van der Waals surface area contributed by atoms with Gasteiger partial charge in [-0.3, -0.25) is 4.79 Å². The van der Waals surface area contributed by atoms with E-state index in [1.165, 1.54) is 6.92 Å². The summed E-state index contributed by atoms with van der Waals surface area (Å²) in [6.07, 6.45) is 0.00694. The molecule has 0 radical (unpaired) electrons. The average molecular weight is 197 g/mol. The van der Waals surface area contributed by atoms with E-state index in [0.29, 0.717) is 0 Å². The van der Waals surface area contributed by atoms with Crippen LogP contribution in [0.2, 0.25) is 0 Å². The summed E-state index contributed by atoms with van der Waals surface area (Å²) < 4.78 is 5.79. The molecule has 1 unspecified atom stereocenters. The summed E-state index contributed by atoms with van der Waals surface area (Å²) in [5, 5.41) is 0. The molecule has 0 bridgehead atoms. The standard InChI is InChI=1S/C8H18NO2.ClH/c1-7(11-8(2)10)6-9(3,4)5;/h7H,6H2,1-5H3;1H/q+1;. The molecular formula is C8H19ClNO2+. The van der Waals surface area contributed by atoms with Crippen LogP contribution in [0.3, 0.4) is 0 Å². The molecule has 0 N–H and O–H groups in total. The van der Waals surface area contributed by atoms with Crippen LogP contribution < -0.4 is 0 Å². The Balaban J connectivity index is 0. The largest absolute Gasteiger partial charge is 0.457 e. The lowest BCUT2D eigenvalue weighted by atomic mass is 10.3. The fourth-order valence-corrected chi connectivity index (χ4v) is 1.09. The third kappa shape index (κ3) is 9.72. The Morgan fingerprint density at radius 2 is 1.83 bits per heavy atom. The topological polar surface area (TPSA) is 26.3 Å². The Bertz CT molecular complexity index is 142. The van der Waals surface area contributed by atoms with Crippen LogP contribution >= 0.6 is 12.4 Å². The lowest BCUT2D eigenvalue weighted by Gasteiger charge is -2.26. The van der Waals surface area contributed by atoms with E-state index in [0.717, 1.165) is 11.0 Å². The van der Waals surface area contributed by atoms with Gasteiger partial charge in [0.1, 0.15) is 12.6 Å². The zero-order chi connectivity index (χ0) is 9.07. The summed E-state index contributed by atoms with van der Waals surface area (Å²) in [5.74, 6) is -0.203. The van der Waals surface area contributed by atoms with Gasteiger partial charge in [0.15, 0.2) is 0 Å². The maximum absolute atomic E-state index is 10.5. The molecule has 4 heteroatoms. The van der Waals surface area contributed by atoms with Gasteiger partial charge in [-0.25, -0.2) is 0 Å². The Morgan fingerprint density at radius 1 is 1.42 bits per heavy atom. The highest BCUT2D eigenvalue weighted by molar-refractivity contribution is 5.85. The number of halogens is 1. The van der Waals surface area contributed by atoms with Crippen LogP contribution in [0.25, 0.3) is 0 Å². The van der Waals surface area contributed by atoms with Crippen molar-refractivity contribution >= 4 is 18.4 Å². The zero-order valence-corrected chi connectivity index (χ0v) is 9.27. The number of rotatable bonds is 3. The number of hydrogen-bond acceptors (Lipinski definition) is 2. The van der Waals surface area contributed by atoms with Gasteiger partial charge in [0.2, 0.25) is 0 Å². The van der Waals surface area contributed by atoms with Crippen LogP contribution in [0.1, 0.15) is 13.8 Å². The predicted octanol–water partition coefficient (Wildman–Crippen LogP) is 1.07. The molecule has 0 aliphatic heterocycles. The van der Waals surface area contributed by atoms with Crippen LogP contribution in [0.4, 0.5) is 0 Å². The van der Waals surface area contributed by atoms with Crippen molar-refractivity contribution in [1.29, 1.82) is 0 Å². The molecule has 0 heterocycles. The van der Waals surface area contributed by atoms with Crippen molar-refractivity contribution in [3.63, 3.8) is 0 Å². The molecule has 0 saturated heterocycles. The summed E-state index contributed by atoms with van der Waals surface area (Å²) >= 11 is 0. The normalized spacial score (nSPS) is 13.1. The first-order valence-electron chi connectivity index (χ1n) is 3.79. The molecule has 0 aliphatic rings. The van der Waals surface area contributed by atoms with Gasteiger partial charge in [-0.2, -0.15) is 0 Å². The summed E-state index contributed by atoms with van der Waals surface area (Å²) in [4.78, 5) is 10.5. The first-order chi connectivity index (χ1) is 4.81. The maximum atomic E-state index is 10.5. The van der Waals surface area contributed by atoms with E-state index >= 15 is 0 Å². The SMILES string of the molecule is CC(=O)OC(C)C[N+](C)(C)C.Cl. The first kappa shape index (κ1) is 14.3. The van der Waals surface area contributed by atoms with Crippen LogP contribution in [0, 0.1) is 0 Å². The number of carbonyl (C=O) groups excluding carboxylic acids is 1. The smallest absolute Gasteiger partial charge is 0.303 e. The molecule has 0 aromatic heterocycles. The van der Waals surface area contributed by atoms with Crippen molar-refractivity contribution < 1.29 is 14.0 Å². The fourth-order valence-electron chi connectivity index (χ4n) is 1.09. The minimum atomic E-state index is -0.203. The van der Waals surface area contributed by atoms with Crippen LogP contribution in [-0.2, 0) is 9.53 Å². The van der Waals surface area contributed by atoms with E-state index in [1.54, 1.807) is 0 Å². The lowest BCUT2D eigenvalue weighted by molar-refractivity contribution is -0.873. The molecular weight excluding hydrogens is 178 g/mol. The number of hydrogen-bond donors (Lipinski definition) is 0. The predicted molar refractivity (Wildman–Crippen MR) is 51.4 cm³/mol. The van der Waals surface area contributed by atoms with Gasteiger partial charge in [0.05, 0.1) is 21.1 Å². The van der Waals surface area contributed by atoms with Crippen molar-refractivity contribution in [3.05, 3.63) is 0 Å². The van der Waals surface area contributed by atoms with Gasteiger partial charge < -0.3 is 9.22 Å². The third-order valence-electron chi connectivity index (χ3n) is 1.17. The van der Waals surface area contributed by atoms with E-state index in [9.17, 15) is 4.79 Å². The molecule has 74 valence electrons. The molecule has 1 atom stereocenters. The Labute approximate surface area is 80.7 Å². The number of quaternary nitrogens is 1. The Morgan fingerprint density at radius 3 is 2.08 bits per heavy atom. The van der Waals surface area contributed by atoms with Gasteiger partial charge in [0, 0.05) is 6.92 Å². The molecule has 12 heavy (non-hydrogen) atoms. The van der Waals surface area contributed by atoms with Crippen LogP contribution in [-0.4, -0.2) is 44.2 Å². The molecule has 0 fully saturated rings. The number of esters is 1. The minimum Gasteiger partial charge on any atom is -0.457 e. The molecule has 0 spiro atoms. The van der Waals surface area contributed by atoms with E-state index < -0.39 is 0 Å². The van der Waals surface area contributed by atoms with Crippen molar-refractivity contribution in [3.8, 4) is 0 Å². The highest BCUT2D eigenvalue weighted by atomic mass is 35.5. The van der Waals surface area contributed by atoms with Gasteiger partial charge in [-0.15, -0.1) is 12.4 Å². The third-order valence-corrected chi connectivity index (χ3v) is 1.17. The highest BCUT2D eigenvalue weighted by Gasteiger charge is 2.15. The van der Waals surface area contributed by atoms with E-state index in [-0.39, 0.29) is 24.5 Å². The summed E-state index contributed by atoms with van der Waals surface area (Å²) in [6.45, 7) is 4.19. The molecule has 0 aromatic rings. The number of carbonyl (C=O) groups is 1. The van der Waals surface area contributed by atoms with Gasteiger partial charge in [0.25, 0.3) is 0 Å². The molecule has 3 nitrogen and oxygen atoms in total. The van der Waals surface area contributed by atoms with Crippen molar-refractivity contribution in [1.82, 2.24) is 0 Å². The Kier molecular flexibility index (Phi) is 6.39. The van der Waals surface area contributed by atoms with Crippen molar-refractivity contribution in [2.75, 3.05) is 27.7 Å². The van der Waals surface area contributed by atoms with Crippen LogP contribution in [0.15, 0.2) is 0 Å². The maximum Gasteiger partial charge on any atom is 0.303 e. The average Bonchev–Trinajstić information content (AvgIpc) is 1.53.